The predicted octanol–water partition coefficient (Wildman–Crippen LogP) is 2.22. The molecule has 0 saturated heterocycles. The number of ether oxygens (including phenoxy) is 1. The molecule has 21 heavy (non-hydrogen) atoms. The highest BCUT2D eigenvalue weighted by Gasteiger charge is 2.35. The Balaban J connectivity index is 2.27. The zero-order chi connectivity index (χ0) is 15.6. The largest absolute Gasteiger partial charge is 0.466 e. The molecule has 112 valence electrons. The molecule has 10 heteroatoms. The highest BCUT2D eigenvalue weighted by molar-refractivity contribution is 6.03. The summed E-state index contributed by atoms with van der Waals surface area (Å²) in [6, 6.07) is 2.31. The Labute approximate surface area is 115 Å². The van der Waals surface area contributed by atoms with Crippen molar-refractivity contribution >= 4 is 11.9 Å². The van der Waals surface area contributed by atoms with Crippen molar-refractivity contribution in [2.75, 3.05) is 12.4 Å². The van der Waals surface area contributed by atoms with E-state index in [1.807, 2.05) is 0 Å². The van der Waals surface area contributed by atoms with Crippen LogP contribution in [-0.4, -0.2) is 28.2 Å². The molecule has 0 radical (unpaired) electrons. The quantitative estimate of drug-likeness (QED) is 0.852. The van der Waals surface area contributed by atoms with Crippen LogP contribution in [0.3, 0.4) is 0 Å². The summed E-state index contributed by atoms with van der Waals surface area (Å²) in [4.78, 5) is 15.4. The van der Waals surface area contributed by atoms with E-state index in [-0.39, 0.29) is 12.0 Å². The Morgan fingerprint density at radius 1 is 1.38 bits per heavy atom. The second kappa shape index (κ2) is 5.38. The molecule has 6 nitrogen and oxygen atoms in total. The van der Waals surface area contributed by atoms with Crippen LogP contribution in [0.25, 0.3) is 0 Å². The number of alkyl halides is 3. The first-order chi connectivity index (χ1) is 9.82. The summed E-state index contributed by atoms with van der Waals surface area (Å²) in [5.74, 6) is -2.94. The minimum Gasteiger partial charge on any atom is -0.466 e. The molecule has 0 fully saturated rings. The molecular formula is C11H8F4N4O2. The second-order valence-electron chi connectivity index (χ2n) is 3.79. The molecule has 0 unspecified atom stereocenters. The summed E-state index contributed by atoms with van der Waals surface area (Å²) >= 11 is 0. The highest BCUT2D eigenvalue weighted by Crippen LogP contribution is 2.32. The van der Waals surface area contributed by atoms with Gasteiger partial charge >= 0.3 is 12.2 Å². The van der Waals surface area contributed by atoms with Gasteiger partial charge in [-0.2, -0.15) is 18.2 Å². The van der Waals surface area contributed by atoms with Gasteiger partial charge in [0.1, 0.15) is 5.82 Å². The number of carbonyl (C=O) groups excluding carboxylic acids is 1. The fourth-order valence-corrected chi connectivity index (χ4v) is 1.49. The van der Waals surface area contributed by atoms with Crippen molar-refractivity contribution in [3.8, 4) is 6.01 Å². The number of benzene rings is 1. The Bertz CT molecular complexity index is 668. The summed E-state index contributed by atoms with van der Waals surface area (Å²) in [5.41, 5.74) is -2.29. The van der Waals surface area contributed by atoms with Gasteiger partial charge in [0, 0.05) is 0 Å². The fraction of sp³-hybridized carbons (Fsp3) is 0.182. The van der Waals surface area contributed by atoms with Gasteiger partial charge in [0.05, 0.1) is 18.2 Å². The number of hydrogen-bond acceptors (Lipinski definition) is 4. The van der Waals surface area contributed by atoms with Crippen LogP contribution in [0.15, 0.2) is 18.2 Å². The van der Waals surface area contributed by atoms with Gasteiger partial charge in [-0.1, -0.05) is 6.07 Å². The number of rotatable bonds is 3. The Kier molecular flexibility index (Phi) is 3.78. The second-order valence-corrected chi connectivity index (χ2v) is 3.79. The topological polar surface area (TPSA) is 79.9 Å². The number of aromatic nitrogens is 3. The van der Waals surface area contributed by atoms with E-state index in [2.05, 4.69) is 25.2 Å². The molecule has 1 aromatic heterocycles. The number of anilines is 1. The minimum atomic E-state index is -4.89. The fourth-order valence-electron chi connectivity index (χ4n) is 1.49. The zero-order valence-electron chi connectivity index (χ0n) is 10.5. The van der Waals surface area contributed by atoms with Crippen LogP contribution in [0, 0.1) is 5.82 Å². The molecule has 1 amide bonds. The van der Waals surface area contributed by atoms with Gasteiger partial charge in [0.25, 0.3) is 5.91 Å². The maximum atomic E-state index is 13.7. The lowest BCUT2D eigenvalue weighted by Crippen LogP contribution is -2.18. The standard InChI is InChI=1S/C11H8F4N4O2/c1-21-10-17-9(18-19-10)16-8(20)5-3-2-4-6(7(5)12)11(13,14)15/h2-4H,1H3,(H2,16,17,18,19,20). The molecule has 1 heterocycles. The number of nitrogens with zero attached hydrogens (tertiary/aromatic N) is 2. The average molecular weight is 304 g/mol. The smallest absolute Gasteiger partial charge is 0.419 e. The van der Waals surface area contributed by atoms with E-state index in [0.717, 1.165) is 12.1 Å². The van der Waals surface area contributed by atoms with Crippen molar-refractivity contribution in [3.05, 3.63) is 35.1 Å². The van der Waals surface area contributed by atoms with Crippen molar-refractivity contribution < 1.29 is 27.1 Å². The van der Waals surface area contributed by atoms with Crippen molar-refractivity contribution in [3.63, 3.8) is 0 Å². The van der Waals surface area contributed by atoms with Crippen LogP contribution in [0.2, 0.25) is 0 Å². The summed E-state index contributed by atoms with van der Waals surface area (Å²) < 4.78 is 56.0. The van der Waals surface area contributed by atoms with E-state index in [1.165, 1.54) is 7.11 Å². The maximum absolute atomic E-state index is 13.7. The van der Waals surface area contributed by atoms with Crippen molar-refractivity contribution in [1.82, 2.24) is 15.2 Å². The first kappa shape index (κ1) is 14.8. The van der Waals surface area contributed by atoms with Crippen LogP contribution in [0.1, 0.15) is 15.9 Å². The average Bonchev–Trinajstić information content (AvgIpc) is 2.85. The van der Waals surface area contributed by atoms with E-state index in [4.69, 9.17) is 0 Å². The summed E-state index contributed by atoms with van der Waals surface area (Å²) in [5, 5.41) is 7.85. The number of hydrogen-bond donors (Lipinski definition) is 2. The predicted molar refractivity (Wildman–Crippen MR) is 62.3 cm³/mol. The number of halogens is 4. The summed E-state index contributed by atoms with van der Waals surface area (Å²) in [6.07, 6.45) is -4.89. The Hall–Kier alpha value is -2.65. The molecule has 0 saturated carbocycles. The Morgan fingerprint density at radius 3 is 2.67 bits per heavy atom. The molecular weight excluding hydrogens is 296 g/mol. The van der Waals surface area contributed by atoms with Crippen molar-refractivity contribution in [2.45, 2.75) is 6.18 Å². The molecule has 2 rings (SSSR count). The van der Waals surface area contributed by atoms with Gasteiger partial charge in [0.2, 0.25) is 5.95 Å². The van der Waals surface area contributed by atoms with Crippen LogP contribution < -0.4 is 10.1 Å². The van der Waals surface area contributed by atoms with Crippen LogP contribution >= 0.6 is 0 Å². The zero-order valence-corrected chi connectivity index (χ0v) is 10.5. The molecule has 0 spiro atoms. The van der Waals surface area contributed by atoms with E-state index >= 15 is 0 Å². The van der Waals surface area contributed by atoms with E-state index in [0.29, 0.717) is 6.07 Å². The van der Waals surface area contributed by atoms with Gasteiger partial charge in [-0.25, -0.2) is 9.49 Å². The van der Waals surface area contributed by atoms with E-state index in [1.54, 1.807) is 0 Å². The molecule has 2 N–H and O–H groups in total. The van der Waals surface area contributed by atoms with Gasteiger partial charge in [-0.15, -0.1) is 5.10 Å². The lowest BCUT2D eigenvalue weighted by molar-refractivity contribution is -0.140. The summed E-state index contributed by atoms with van der Waals surface area (Å²) in [7, 11) is 1.28. The first-order valence-electron chi connectivity index (χ1n) is 5.46. The molecule has 1 aromatic carbocycles. The van der Waals surface area contributed by atoms with Gasteiger partial charge in [0.15, 0.2) is 0 Å². The van der Waals surface area contributed by atoms with E-state index < -0.39 is 29.0 Å². The number of amides is 1. The van der Waals surface area contributed by atoms with Crippen LogP contribution in [-0.2, 0) is 6.18 Å². The molecule has 0 atom stereocenters. The summed E-state index contributed by atoms with van der Waals surface area (Å²) in [6.45, 7) is 0. The third kappa shape index (κ3) is 3.09. The molecule has 0 aliphatic carbocycles. The minimum absolute atomic E-state index is 0.0881. The molecule has 2 aromatic rings. The normalized spacial score (nSPS) is 11.3. The van der Waals surface area contributed by atoms with Gasteiger partial charge in [-0.3, -0.25) is 10.1 Å². The molecule has 0 bridgehead atoms. The lowest BCUT2D eigenvalue weighted by atomic mass is 10.1. The van der Waals surface area contributed by atoms with Crippen molar-refractivity contribution in [2.24, 2.45) is 0 Å². The maximum Gasteiger partial charge on any atom is 0.419 e. The van der Waals surface area contributed by atoms with Crippen molar-refractivity contribution in [1.29, 1.82) is 0 Å². The number of methoxy groups -OCH3 is 1. The monoisotopic (exact) mass is 304 g/mol. The number of H-pyrrole nitrogens is 1. The number of carbonyl (C=O) groups is 1. The number of aromatic amines is 1. The van der Waals surface area contributed by atoms with Gasteiger partial charge in [-0.05, 0) is 12.1 Å². The van der Waals surface area contributed by atoms with Gasteiger partial charge < -0.3 is 4.74 Å². The van der Waals surface area contributed by atoms with Crippen LogP contribution in [0.4, 0.5) is 23.5 Å². The third-order valence-electron chi connectivity index (χ3n) is 2.43. The molecule has 0 aliphatic rings. The Morgan fingerprint density at radius 2 is 2.10 bits per heavy atom. The first-order valence-corrected chi connectivity index (χ1v) is 5.46. The molecule has 0 aliphatic heterocycles. The highest BCUT2D eigenvalue weighted by atomic mass is 19.4. The third-order valence-corrected chi connectivity index (χ3v) is 2.43. The van der Waals surface area contributed by atoms with E-state index in [9.17, 15) is 22.4 Å². The lowest BCUT2D eigenvalue weighted by Gasteiger charge is -2.10. The van der Waals surface area contributed by atoms with Crippen LogP contribution in [0.5, 0.6) is 6.01 Å². The SMILES string of the molecule is COc1n[nH]c(NC(=O)c2cccc(C(F)(F)F)c2F)n1. The number of nitrogens with one attached hydrogen (secondary N) is 2.